The highest BCUT2D eigenvalue weighted by molar-refractivity contribution is 5.65. The van der Waals surface area contributed by atoms with Crippen LogP contribution in [-0.2, 0) is 10.8 Å². The molecule has 2 heterocycles. The molecule has 1 aliphatic carbocycles. The highest BCUT2D eigenvalue weighted by Gasteiger charge is 2.37. The molecule has 1 aliphatic heterocycles. The molecule has 3 N–H and O–H groups in total. The van der Waals surface area contributed by atoms with E-state index in [2.05, 4.69) is 74.3 Å². The molecule has 174 valence electrons. The number of aliphatic hydroxyl groups excluding tert-OH is 2. The van der Waals surface area contributed by atoms with Crippen LogP contribution in [0, 0.1) is 0 Å². The summed E-state index contributed by atoms with van der Waals surface area (Å²) in [6.45, 7) is 11.6. The summed E-state index contributed by atoms with van der Waals surface area (Å²) < 4.78 is 0. The zero-order chi connectivity index (χ0) is 22.9. The van der Waals surface area contributed by atoms with Gasteiger partial charge in [-0.15, -0.1) is 0 Å². The molecule has 1 saturated heterocycles. The minimum Gasteiger partial charge on any atom is -0.394 e. The van der Waals surface area contributed by atoms with Crippen molar-refractivity contribution in [1.82, 2.24) is 10.3 Å². The number of nitrogens with zero attached hydrogens (tertiary/aromatic N) is 2. The van der Waals surface area contributed by atoms with Gasteiger partial charge in [0.25, 0.3) is 0 Å². The summed E-state index contributed by atoms with van der Waals surface area (Å²) in [6, 6.07) is 13.7. The molecule has 1 unspecified atom stereocenters. The summed E-state index contributed by atoms with van der Waals surface area (Å²) in [6.07, 6.45) is 3.77. The van der Waals surface area contributed by atoms with E-state index in [1.54, 1.807) is 0 Å². The van der Waals surface area contributed by atoms with E-state index in [1.165, 1.54) is 29.5 Å². The van der Waals surface area contributed by atoms with E-state index in [0.29, 0.717) is 12.6 Å². The Morgan fingerprint density at radius 2 is 1.72 bits per heavy atom. The molecule has 0 saturated carbocycles. The first-order chi connectivity index (χ1) is 15.2. The highest BCUT2D eigenvalue weighted by Crippen LogP contribution is 2.46. The van der Waals surface area contributed by atoms with Crippen molar-refractivity contribution in [2.75, 3.05) is 31.1 Å². The molecule has 1 fully saturated rings. The number of rotatable bonds is 6. The third-order valence-corrected chi connectivity index (χ3v) is 7.55. The SMILES string of the molecule is CC1(C)CCC(C)(C)c2cc(-c3cccc(N4CCC(NCC(O)CO)CC4)n3)ccc21. The van der Waals surface area contributed by atoms with E-state index in [4.69, 9.17) is 10.1 Å². The van der Waals surface area contributed by atoms with E-state index < -0.39 is 6.10 Å². The van der Waals surface area contributed by atoms with E-state index >= 15 is 0 Å². The van der Waals surface area contributed by atoms with Gasteiger partial charge in [-0.3, -0.25) is 0 Å². The molecule has 5 nitrogen and oxygen atoms in total. The first-order valence-electron chi connectivity index (χ1n) is 12.1. The molecule has 0 bridgehead atoms. The summed E-state index contributed by atoms with van der Waals surface area (Å²) in [5.74, 6) is 1.04. The normalized spacial score (nSPS) is 21.2. The van der Waals surface area contributed by atoms with Crippen molar-refractivity contribution >= 4 is 5.82 Å². The lowest BCUT2D eigenvalue weighted by Gasteiger charge is -2.42. The maximum Gasteiger partial charge on any atom is 0.129 e. The number of hydrogen-bond donors (Lipinski definition) is 3. The second-order valence-electron chi connectivity index (χ2n) is 10.9. The molecule has 2 aliphatic rings. The quantitative estimate of drug-likeness (QED) is 0.637. The summed E-state index contributed by atoms with van der Waals surface area (Å²) in [4.78, 5) is 7.40. The number of hydrogen-bond acceptors (Lipinski definition) is 5. The van der Waals surface area contributed by atoms with Crippen molar-refractivity contribution in [3.63, 3.8) is 0 Å². The average Bonchev–Trinajstić information content (AvgIpc) is 2.81. The van der Waals surface area contributed by atoms with Gasteiger partial charge in [-0.2, -0.15) is 0 Å². The van der Waals surface area contributed by atoms with Crippen molar-refractivity contribution in [3.05, 3.63) is 47.5 Å². The summed E-state index contributed by atoms with van der Waals surface area (Å²) in [5.41, 5.74) is 5.60. The van der Waals surface area contributed by atoms with Gasteiger partial charge in [0.05, 0.1) is 18.4 Å². The second-order valence-corrected chi connectivity index (χ2v) is 10.9. The van der Waals surface area contributed by atoms with Crippen LogP contribution in [0.2, 0.25) is 0 Å². The fourth-order valence-corrected chi connectivity index (χ4v) is 5.19. The predicted octanol–water partition coefficient (Wildman–Crippen LogP) is 4.01. The van der Waals surface area contributed by atoms with Gasteiger partial charge in [0, 0.05) is 31.2 Å². The molecular weight excluding hydrogens is 398 g/mol. The topological polar surface area (TPSA) is 68.6 Å². The van der Waals surface area contributed by atoms with Crippen molar-refractivity contribution in [1.29, 1.82) is 0 Å². The first kappa shape index (κ1) is 23.2. The number of nitrogens with one attached hydrogen (secondary N) is 1. The standard InChI is InChI=1S/C27H39N3O2/c1-26(2)12-13-27(3,4)23-16-19(8-9-22(23)26)24-6-5-7-25(29-24)30-14-10-20(11-15-30)28-17-21(32)18-31/h5-9,16,20-21,28,31-32H,10-15,17-18H2,1-4H3. The fraction of sp³-hybridized carbons (Fsp3) is 0.593. The smallest absolute Gasteiger partial charge is 0.129 e. The Bertz CT molecular complexity index is 932. The number of aromatic nitrogens is 1. The van der Waals surface area contributed by atoms with E-state index in [9.17, 15) is 5.11 Å². The van der Waals surface area contributed by atoms with Gasteiger partial charge < -0.3 is 20.4 Å². The number of pyridine rings is 1. The molecule has 32 heavy (non-hydrogen) atoms. The van der Waals surface area contributed by atoms with Crippen molar-refractivity contribution < 1.29 is 10.2 Å². The zero-order valence-corrected chi connectivity index (χ0v) is 20.1. The molecule has 1 aromatic carbocycles. The minimum atomic E-state index is -0.682. The molecule has 5 heteroatoms. The Morgan fingerprint density at radius 1 is 1.03 bits per heavy atom. The molecule has 2 aromatic rings. The third kappa shape index (κ3) is 4.85. The van der Waals surface area contributed by atoms with Gasteiger partial charge in [0.1, 0.15) is 5.82 Å². The molecule has 0 radical (unpaired) electrons. The van der Waals surface area contributed by atoms with Crippen LogP contribution in [0.25, 0.3) is 11.3 Å². The lowest BCUT2D eigenvalue weighted by molar-refractivity contribution is 0.0909. The first-order valence-corrected chi connectivity index (χ1v) is 12.1. The molecule has 1 atom stereocenters. The monoisotopic (exact) mass is 437 g/mol. The minimum absolute atomic E-state index is 0.191. The maximum absolute atomic E-state index is 9.56. The van der Waals surface area contributed by atoms with Crippen LogP contribution in [-0.4, -0.2) is 53.6 Å². The maximum atomic E-state index is 9.56. The Kier molecular flexibility index (Phi) is 6.62. The van der Waals surface area contributed by atoms with Gasteiger partial charge in [-0.25, -0.2) is 4.98 Å². The Hall–Kier alpha value is -1.95. The summed E-state index contributed by atoms with van der Waals surface area (Å²) in [7, 11) is 0. The lowest BCUT2D eigenvalue weighted by Crippen LogP contribution is -2.45. The molecule has 4 rings (SSSR count). The average molecular weight is 438 g/mol. The van der Waals surface area contributed by atoms with E-state index in [1.807, 2.05) is 0 Å². The van der Waals surface area contributed by atoms with Crippen LogP contribution >= 0.6 is 0 Å². The van der Waals surface area contributed by atoms with Crippen LogP contribution < -0.4 is 10.2 Å². The van der Waals surface area contributed by atoms with Crippen molar-refractivity contribution in [3.8, 4) is 11.3 Å². The number of fused-ring (bicyclic) bond motifs is 1. The molecular formula is C27H39N3O2. The number of anilines is 1. The molecule has 0 spiro atoms. The van der Waals surface area contributed by atoms with Crippen LogP contribution in [0.4, 0.5) is 5.82 Å². The lowest BCUT2D eigenvalue weighted by atomic mass is 9.63. The Labute approximate surface area is 192 Å². The van der Waals surface area contributed by atoms with Crippen molar-refractivity contribution in [2.45, 2.75) is 76.4 Å². The number of piperidine rings is 1. The summed E-state index contributed by atoms with van der Waals surface area (Å²) >= 11 is 0. The van der Waals surface area contributed by atoms with Gasteiger partial charge in [-0.1, -0.05) is 45.9 Å². The van der Waals surface area contributed by atoms with Crippen LogP contribution in [0.3, 0.4) is 0 Å². The number of benzene rings is 1. The zero-order valence-electron chi connectivity index (χ0n) is 20.1. The Balaban J connectivity index is 1.50. The fourth-order valence-electron chi connectivity index (χ4n) is 5.19. The van der Waals surface area contributed by atoms with Gasteiger partial charge in [0.2, 0.25) is 0 Å². The summed E-state index contributed by atoms with van der Waals surface area (Å²) in [5, 5.41) is 21.9. The van der Waals surface area contributed by atoms with Crippen LogP contribution in [0.1, 0.15) is 64.5 Å². The van der Waals surface area contributed by atoms with E-state index in [-0.39, 0.29) is 17.4 Å². The van der Waals surface area contributed by atoms with Crippen molar-refractivity contribution in [2.24, 2.45) is 0 Å². The third-order valence-electron chi connectivity index (χ3n) is 7.55. The Morgan fingerprint density at radius 3 is 2.41 bits per heavy atom. The van der Waals surface area contributed by atoms with Gasteiger partial charge in [0.15, 0.2) is 0 Å². The van der Waals surface area contributed by atoms with Gasteiger partial charge in [-0.05, 0) is 65.8 Å². The second kappa shape index (κ2) is 9.12. The largest absolute Gasteiger partial charge is 0.394 e. The van der Waals surface area contributed by atoms with Crippen LogP contribution in [0.5, 0.6) is 0 Å². The molecule has 0 amide bonds. The van der Waals surface area contributed by atoms with Crippen LogP contribution in [0.15, 0.2) is 36.4 Å². The van der Waals surface area contributed by atoms with Gasteiger partial charge >= 0.3 is 0 Å². The highest BCUT2D eigenvalue weighted by atomic mass is 16.3. The molecule has 1 aromatic heterocycles. The predicted molar refractivity (Wildman–Crippen MR) is 131 cm³/mol. The van der Waals surface area contributed by atoms with E-state index in [0.717, 1.165) is 37.4 Å². The number of aliphatic hydroxyl groups is 2.